The first-order valence-electron chi connectivity index (χ1n) is 7.07. The Morgan fingerprint density at radius 2 is 2.16 bits per heavy atom. The van der Waals surface area contributed by atoms with E-state index in [1.54, 1.807) is 11.6 Å². The third-order valence-electron chi connectivity index (χ3n) is 3.31. The highest BCUT2D eigenvalue weighted by Gasteiger charge is 2.19. The number of rotatable bonds is 6. The standard InChI is InChI=1S/C14H13F2N5O2S2/c1-8-9(4-12(15)16)6-19-14(20-8)21-25(22,23)10-5-11(18-7-10)13-17-2-3-24-13/h2-3,5-7,12,18H,4H2,1H3,(H,19,20,21). The fourth-order valence-electron chi connectivity index (χ4n) is 2.10. The Kier molecular flexibility index (Phi) is 4.77. The van der Waals surface area contributed by atoms with Gasteiger partial charge in [-0.1, -0.05) is 0 Å². The second-order valence-corrected chi connectivity index (χ2v) is 7.67. The zero-order valence-corrected chi connectivity index (χ0v) is 14.5. The normalized spacial score (nSPS) is 11.8. The van der Waals surface area contributed by atoms with E-state index in [1.165, 1.54) is 36.7 Å². The molecule has 3 aromatic heterocycles. The van der Waals surface area contributed by atoms with Crippen LogP contribution in [0, 0.1) is 6.92 Å². The van der Waals surface area contributed by atoms with Gasteiger partial charge in [0.2, 0.25) is 12.4 Å². The molecular weight excluding hydrogens is 372 g/mol. The topological polar surface area (TPSA) is 101 Å². The van der Waals surface area contributed by atoms with Crippen molar-refractivity contribution < 1.29 is 17.2 Å². The lowest BCUT2D eigenvalue weighted by Crippen LogP contribution is -2.15. The van der Waals surface area contributed by atoms with Crippen molar-refractivity contribution in [3.63, 3.8) is 0 Å². The number of hydrogen-bond acceptors (Lipinski definition) is 6. The van der Waals surface area contributed by atoms with E-state index in [-0.39, 0.29) is 16.4 Å². The van der Waals surface area contributed by atoms with Gasteiger partial charge in [-0.3, -0.25) is 0 Å². The van der Waals surface area contributed by atoms with Gasteiger partial charge in [-0.2, -0.15) is 0 Å². The summed E-state index contributed by atoms with van der Waals surface area (Å²) in [5, 5.41) is 2.44. The number of alkyl halides is 2. The van der Waals surface area contributed by atoms with Gasteiger partial charge >= 0.3 is 0 Å². The van der Waals surface area contributed by atoms with Gasteiger partial charge in [-0.05, 0) is 18.6 Å². The molecule has 0 atom stereocenters. The Balaban J connectivity index is 1.81. The number of thiazole rings is 1. The van der Waals surface area contributed by atoms with E-state index in [0.717, 1.165) is 0 Å². The van der Waals surface area contributed by atoms with Crippen molar-refractivity contribution in [3.8, 4) is 10.7 Å². The van der Waals surface area contributed by atoms with Crippen LogP contribution < -0.4 is 4.72 Å². The average molecular weight is 385 g/mol. The molecule has 2 N–H and O–H groups in total. The van der Waals surface area contributed by atoms with E-state index < -0.39 is 22.9 Å². The molecule has 3 rings (SSSR count). The SMILES string of the molecule is Cc1nc(NS(=O)(=O)c2c[nH]c(-c3nccs3)c2)ncc1CC(F)F. The van der Waals surface area contributed by atoms with Crippen LogP contribution in [0.4, 0.5) is 14.7 Å². The van der Waals surface area contributed by atoms with Crippen molar-refractivity contribution in [2.24, 2.45) is 0 Å². The van der Waals surface area contributed by atoms with Gasteiger partial charge in [0.05, 0.1) is 5.69 Å². The zero-order chi connectivity index (χ0) is 18.0. The monoisotopic (exact) mass is 385 g/mol. The Labute approximate surface area is 146 Å². The summed E-state index contributed by atoms with van der Waals surface area (Å²) in [4.78, 5) is 14.7. The molecule has 0 aliphatic heterocycles. The minimum Gasteiger partial charge on any atom is -0.358 e. The van der Waals surface area contributed by atoms with Crippen LogP contribution in [-0.4, -0.2) is 34.8 Å². The van der Waals surface area contributed by atoms with Crippen LogP contribution in [0.25, 0.3) is 10.7 Å². The van der Waals surface area contributed by atoms with Gasteiger partial charge < -0.3 is 4.98 Å². The molecule has 0 unspecified atom stereocenters. The molecule has 0 aliphatic rings. The average Bonchev–Trinajstić information content (AvgIpc) is 3.19. The van der Waals surface area contributed by atoms with Gasteiger partial charge in [-0.25, -0.2) is 36.9 Å². The molecular formula is C14H13F2N5O2S2. The van der Waals surface area contributed by atoms with Crippen molar-refractivity contribution in [1.29, 1.82) is 0 Å². The predicted molar refractivity (Wildman–Crippen MR) is 89.2 cm³/mol. The number of sulfonamides is 1. The van der Waals surface area contributed by atoms with Crippen LogP contribution in [0.5, 0.6) is 0 Å². The molecule has 0 saturated heterocycles. The Bertz CT molecular complexity index is 971. The van der Waals surface area contributed by atoms with E-state index >= 15 is 0 Å². The van der Waals surface area contributed by atoms with E-state index in [4.69, 9.17) is 0 Å². The number of nitrogens with one attached hydrogen (secondary N) is 2. The molecule has 0 saturated carbocycles. The lowest BCUT2D eigenvalue weighted by molar-refractivity contribution is 0.148. The predicted octanol–water partition coefficient (Wildman–Crippen LogP) is 2.85. The quantitative estimate of drug-likeness (QED) is 0.680. The highest BCUT2D eigenvalue weighted by molar-refractivity contribution is 7.92. The summed E-state index contributed by atoms with van der Waals surface area (Å²) in [6, 6.07) is 1.44. The fourth-order valence-corrected chi connectivity index (χ4v) is 3.66. The smallest absolute Gasteiger partial charge is 0.265 e. The highest BCUT2D eigenvalue weighted by Crippen LogP contribution is 2.24. The number of hydrogen-bond donors (Lipinski definition) is 2. The first kappa shape index (κ1) is 17.4. The van der Waals surface area contributed by atoms with Crippen LogP contribution in [0.15, 0.2) is 34.9 Å². The summed E-state index contributed by atoms with van der Waals surface area (Å²) in [7, 11) is -3.91. The maximum atomic E-state index is 12.4. The van der Waals surface area contributed by atoms with E-state index in [9.17, 15) is 17.2 Å². The molecule has 132 valence electrons. The van der Waals surface area contributed by atoms with Crippen molar-refractivity contribution >= 4 is 27.3 Å². The van der Waals surface area contributed by atoms with Crippen LogP contribution in [0.3, 0.4) is 0 Å². The van der Waals surface area contributed by atoms with Gasteiger partial charge in [-0.15, -0.1) is 11.3 Å². The van der Waals surface area contributed by atoms with E-state index in [2.05, 4.69) is 24.7 Å². The molecule has 3 aromatic rings. The molecule has 0 radical (unpaired) electrons. The van der Waals surface area contributed by atoms with Gasteiger partial charge in [0.25, 0.3) is 10.0 Å². The van der Waals surface area contributed by atoms with Gasteiger partial charge in [0.1, 0.15) is 9.90 Å². The molecule has 0 bridgehead atoms. The molecule has 25 heavy (non-hydrogen) atoms. The van der Waals surface area contributed by atoms with Crippen LogP contribution in [0.1, 0.15) is 11.3 Å². The van der Waals surface area contributed by atoms with E-state index in [0.29, 0.717) is 16.4 Å². The first-order valence-corrected chi connectivity index (χ1v) is 9.43. The Morgan fingerprint density at radius 3 is 2.80 bits per heavy atom. The minimum absolute atomic E-state index is 0.00406. The number of anilines is 1. The molecule has 3 heterocycles. The molecule has 11 heteroatoms. The summed E-state index contributed by atoms with van der Waals surface area (Å²) in [5.74, 6) is -0.174. The molecule has 0 spiro atoms. The van der Waals surface area contributed by atoms with Gasteiger partial charge in [0.15, 0.2) is 0 Å². The van der Waals surface area contributed by atoms with Crippen LogP contribution in [-0.2, 0) is 16.4 Å². The number of aromatic amines is 1. The molecule has 7 nitrogen and oxygen atoms in total. The number of halogens is 2. The zero-order valence-electron chi connectivity index (χ0n) is 12.9. The van der Waals surface area contributed by atoms with Crippen molar-refractivity contribution in [3.05, 3.63) is 41.3 Å². The summed E-state index contributed by atoms with van der Waals surface area (Å²) in [6.45, 7) is 1.52. The Morgan fingerprint density at radius 1 is 1.36 bits per heavy atom. The van der Waals surface area contributed by atoms with Gasteiger partial charge in [0, 0.05) is 36.1 Å². The van der Waals surface area contributed by atoms with Crippen molar-refractivity contribution in [2.75, 3.05) is 4.72 Å². The van der Waals surface area contributed by atoms with Crippen LogP contribution in [0.2, 0.25) is 0 Å². The fraction of sp³-hybridized carbons (Fsp3) is 0.214. The number of nitrogens with zero attached hydrogens (tertiary/aromatic N) is 3. The number of H-pyrrole nitrogens is 1. The third kappa shape index (κ3) is 3.99. The number of aromatic nitrogens is 4. The Hall–Kier alpha value is -2.40. The molecule has 0 amide bonds. The van der Waals surface area contributed by atoms with Crippen molar-refractivity contribution in [1.82, 2.24) is 19.9 Å². The molecule has 0 fully saturated rings. The first-order chi connectivity index (χ1) is 11.8. The summed E-state index contributed by atoms with van der Waals surface area (Å²) < 4.78 is 51.9. The summed E-state index contributed by atoms with van der Waals surface area (Å²) >= 11 is 1.37. The summed E-state index contributed by atoms with van der Waals surface area (Å²) in [6.07, 6.45) is 1.15. The van der Waals surface area contributed by atoms with Crippen molar-refractivity contribution in [2.45, 2.75) is 24.7 Å². The molecule has 0 aromatic carbocycles. The maximum Gasteiger partial charge on any atom is 0.265 e. The van der Waals surface area contributed by atoms with E-state index in [1.807, 2.05) is 0 Å². The minimum atomic E-state index is -3.91. The number of aryl methyl sites for hydroxylation is 1. The lowest BCUT2D eigenvalue weighted by Gasteiger charge is -2.08. The molecule has 0 aliphatic carbocycles. The largest absolute Gasteiger partial charge is 0.358 e. The second-order valence-electron chi connectivity index (χ2n) is 5.09. The maximum absolute atomic E-state index is 12.4. The third-order valence-corrected chi connectivity index (χ3v) is 5.42. The highest BCUT2D eigenvalue weighted by atomic mass is 32.2. The summed E-state index contributed by atoms with van der Waals surface area (Å²) in [5.41, 5.74) is 1.14. The second kappa shape index (κ2) is 6.84. The lowest BCUT2D eigenvalue weighted by atomic mass is 10.2. The van der Waals surface area contributed by atoms with Crippen LogP contribution >= 0.6 is 11.3 Å².